The average molecular weight is 311 g/mol. The Hall–Kier alpha value is -1.77. The molecule has 2 fully saturated rings. The van der Waals surface area contributed by atoms with Crippen molar-refractivity contribution >= 4 is 5.82 Å². The van der Waals surface area contributed by atoms with Crippen LogP contribution in [0.2, 0.25) is 0 Å². The zero-order valence-electron chi connectivity index (χ0n) is 12.2. The van der Waals surface area contributed by atoms with Crippen LogP contribution in [0.1, 0.15) is 20.1 Å². The fourth-order valence-corrected chi connectivity index (χ4v) is 2.88. The molecule has 3 rings (SSSR count). The molecule has 8 heteroatoms. The lowest BCUT2D eigenvalue weighted by atomic mass is 10.1. The van der Waals surface area contributed by atoms with Gasteiger partial charge in [-0.15, -0.1) is 0 Å². The summed E-state index contributed by atoms with van der Waals surface area (Å²) in [7, 11) is 0. The Morgan fingerprint density at radius 2 is 2.27 bits per heavy atom. The molecule has 1 aromatic heterocycles. The highest BCUT2D eigenvalue weighted by molar-refractivity contribution is 5.42. The standard InChI is InChI=1S/C14H18FN3O4/c1-7(2)3-5-13-11(19)14(13,21)9(15)10(22-13)18-6-4-8(16)17-12(18)20/h3-7,9-11,19,21H,1-2H3,(H2,16,17,20)/b5-3+/t9-,10+,11?,13+,14-/m0/s1. The number of aliphatic hydroxyl groups is 2. The number of halogens is 1. The second-order valence-electron chi connectivity index (χ2n) is 6.08. The van der Waals surface area contributed by atoms with Gasteiger partial charge in [-0.05, 0) is 12.0 Å². The van der Waals surface area contributed by atoms with Crippen LogP contribution in [0.3, 0.4) is 0 Å². The van der Waals surface area contributed by atoms with Crippen molar-refractivity contribution in [2.24, 2.45) is 5.92 Å². The van der Waals surface area contributed by atoms with Crippen LogP contribution in [0.4, 0.5) is 10.2 Å². The van der Waals surface area contributed by atoms with Crippen LogP contribution in [0.15, 0.2) is 29.2 Å². The van der Waals surface area contributed by atoms with Crippen molar-refractivity contribution in [3.8, 4) is 0 Å². The van der Waals surface area contributed by atoms with Crippen molar-refractivity contribution in [3.05, 3.63) is 34.9 Å². The maximum absolute atomic E-state index is 14.6. The van der Waals surface area contributed by atoms with Crippen molar-refractivity contribution in [3.63, 3.8) is 0 Å². The third kappa shape index (κ3) is 1.77. The number of hydrogen-bond acceptors (Lipinski definition) is 6. The molecule has 2 aliphatic rings. The van der Waals surface area contributed by atoms with Gasteiger partial charge in [-0.25, -0.2) is 9.18 Å². The second-order valence-corrected chi connectivity index (χ2v) is 6.08. The summed E-state index contributed by atoms with van der Waals surface area (Å²) in [5.41, 5.74) is 1.00. The summed E-state index contributed by atoms with van der Waals surface area (Å²) in [5, 5.41) is 20.3. The molecule has 4 N–H and O–H groups in total. The number of aliphatic hydroxyl groups excluding tert-OH is 1. The van der Waals surface area contributed by atoms with E-state index in [1.807, 2.05) is 13.8 Å². The van der Waals surface area contributed by atoms with Crippen LogP contribution in [-0.2, 0) is 4.74 Å². The van der Waals surface area contributed by atoms with Crippen molar-refractivity contribution in [1.82, 2.24) is 9.55 Å². The Bertz CT molecular complexity index is 691. The maximum Gasteiger partial charge on any atom is 0.351 e. The topological polar surface area (TPSA) is 111 Å². The minimum atomic E-state index is -2.07. The van der Waals surface area contributed by atoms with Crippen molar-refractivity contribution in [1.29, 1.82) is 0 Å². The summed E-state index contributed by atoms with van der Waals surface area (Å²) in [4.78, 5) is 15.3. The highest BCUT2D eigenvalue weighted by Crippen LogP contribution is 2.64. The molecule has 120 valence electrons. The molecule has 1 aliphatic carbocycles. The second kappa shape index (κ2) is 4.61. The van der Waals surface area contributed by atoms with E-state index in [9.17, 15) is 19.4 Å². The minimum Gasteiger partial charge on any atom is -0.386 e. The van der Waals surface area contributed by atoms with E-state index in [2.05, 4.69) is 4.98 Å². The van der Waals surface area contributed by atoms with E-state index < -0.39 is 35.4 Å². The SMILES string of the molecule is CC(C)/C=C/[C@]12O[C@@H](n3ccc(N)nc3=O)[C@H](F)[C@]1(O)C2O. The van der Waals surface area contributed by atoms with Gasteiger partial charge in [-0.2, -0.15) is 4.98 Å². The molecule has 0 amide bonds. The molecule has 0 spiro atoms. The molecule has 5 atom stereocenters. The van der Waals surface area contributed by atoms with Gasteiger partial charge in [0.15, 0.2) is 23.6 Å². The fraction of sp³-hybridized carbons (Fsp3) is 0.571. The molecule has 0 radical (unpaired) electrons. The van der Waals surface area contributed by atoms with E-state index in [0.717, 1.165) is 4.57 Å². The molecular weight excluding hydrogens is 293 g/mol. The lowest BCUT2D eigenvalue weighted by molar-refractivity contribution is -0.0802. The zero-order chi connectivity index (χ0) is 16.3. The number of nitrogens with two attached hydrogens (primary N) is 1. The van der Waals surface area contributed by atoms with Crippen molar-refractivity contribution in [2.75, 3.05) is 5.73 Å². The van der Waals surface area contributed by atoms with E-state index in [1.165, 1.54) is 18.3 Å². The molecule has 1 aromatic rings. The zero-order valence-corrected chi connectivity index (χ0v) is 12.2. The lowest BCUT2D eigenvalue weighted by Gasteiger charge is -2.21. The number of nitrogen functional groups attached to an aromatic ring is 1. The summed E-state index contributed by atoms with van der Waals surface area (Å²) >= 11 is 0. The third-order valence-electron chi connectivity index (χ3n) is 4.21. The van der Waals surface area contributed by atoms with Gasteiger partial charge >= 0.3 is 5.69 Å². The smallest absolute Gasteiger partial charge is 0.351 e. The van der Waals surface area contributed by atoms with E-state index in [0.29, 0.717) is 0 Å². The number of aromatic nitrogens is 2. The largest absolute Gasteiger partial charge is 0.386 e. The van der Waals surface area contributed by atoms with E-state index >= 15 is 0 Å². The number of hydrogen-bond donors (Lipinski definition) is 3. The Morgan fingerprint density at radius 3 is 2.86 bits per heavy atom. The summed E-state index contributed by atoms with van der Waals surface area (Å²) < 4.78 is 21.1. The average Bonchev–Trinajstić information content (AvgIpc) is 2.79. The quantitative estimate of drug-likeness (QED) is 0.664. The number of ether oxygens (including phenoxy) is 1. The predicted molar refractivity (Wildman–Crippen MR) is 75.6 cm³/mol. The summed E-state index contributed by atoms with van der Waals surface area (Å²) in [6, 6.07) is 1.33. The summed E-state index contributed by atoms with van der Waals surface area (Å²) in [6.45, 7) is 3.80. The first-order valence-electron chi connectivity index (χ1n) is 7.00. The first-order chi connectivity index (χ1) is 10.2. The molecule has 0 bridgehead atoms. The number of nitrogens with zero attached hydrogens (tertiary/aromatic N) is 2. The normalized spacial score (nSPS) is 40.4. The first-order valence-corrected chi connectivity index (χ1v) is 7.00. The monoisotopic (exact) mass is 311 g/mol. The van der Waals surface area contributed by atoms with Gasteiger partial charge < -0.3 is 20.7 Å². The molecule has 7 nitrogen and oxygen atoms in total. The van der Waals surface area contributed by atoms with Gasteiger partial charge in [0.2, 0.25) is 0 Å². The third-order valence-corrected chi connectivity index (χ3v) is 4.21. The minimum absolute atomic E-state index is 0.00739. The Balaban J connectivity index is 1.97. The van der Waals surface area contributed by atoms with Gasteiger partial charge in [0.25, 0.3) is 0 Å². The van der Waals surface area contributed by atoms with Gasteiger partial charge in [0.1, 0.15) is 11.9 Å². The number of allylic oxidation sites excluding steroid dienone is 1. The number of fused-ring (bicyclic) bond motifs is 1. The van der Waals surface area contributed by atoms with Crippen molar-refractivity contribution < 1.29 is 19.3 Å². The molecule has 1 saturated heterocycles. The highest BCUT2D eigenvalue weighted by atomic mass is 19.1. The molecule has 1 aliphatic heterocycles. The molecule has 1 saturated carbocycles. The molecule has 22 heavy (non-hydrogen) atoms. The van der Waals surface area contributed by atoms with Gasteiger partial charge in [0, 0.05) is 6.20 Å². The van der Waals surface area contributed by atoms with Gasteiger partial charge in [0.05, 0.1) is 0 Å². The van der Waals surface area contributed by atoms with E-state index in [-0.39, 0.29) is 11.7 Å². The van der Waals surface area contributed by atoms with Gasteiger partial charge in [-0.1, -0.05) is 26.0 Å². The summed E-state index contributed by atoms with van der Waals surface area (Å²) in [6.07, 6.45) is -0.292. The highest BCUT2D eigenvalue weighted by Gasteiger charge is 2.87. The fourth-order valence-electron chi connectivity index (χ4n) is 2.88. The van der Waals surface area contributed by atoms with E-state index in [1.54, 1.807) is 6.08 Å². The van der Waals surface area contributed by atoms with Crippen LogP contribution in [0.5, 0.6) is 0 Å². The Labute approximate surface area is 125 Å². The Morgan fingerprint density at radius 1 is 1.59 bits per heavy atom. The number of rotatable bonds is 3. The molecule has 0 aromatic carbocycles. The maximum atomic E-state index is 14.6. The van der Waals surface area contributed by atoms with Crippen molar-refractivity contribution in [2.45, 2.75) is 43.6 Å². The molecular formula is C14H18FN3O4. The first kappa shape index (κ1) is 15.1. The van der Waals surface area contributed by atoms with Crippen LogP contribution < -0.4 is 11.4 Å². The predicted octanol–water partition coefficient (Wildman–Crippen LogP) is -0.251. The van der Waals surface area contributed by atoms with Crippen LogP contribution in [0, 0.1) is 5.92 Å². The van der Waals surface area contributed by atoms with E-state index in [4.69, 9.17) is 10.5 Å². The summed E-state index contributed by atoms with van der Waals surface area (Å²) in [5.74, 6) is 0.140. The van der Waals surface area contributed by atoms with Crippen LogP contribution >= 0.6 is 0 Å². The number of anilines is 1. The number of alkyl halides is 1. The van der Waals surface area contributed by atoms with Gasteiger partial charge in [-0.3, -0.25) is 4.57 Å². The molecule has 2 heterocycles. The van der Waals surface area contributed by atoms with Crippen LogP contribution in [-0.4, -0.2) is 43.2 Å². The Kier molecular flexibility index (Phi) is 3.17. The van der Waals surface area contributed by atoms with Crippen LogP contribution in [0.25, 0.3) is 0 Å². The molecule has 1 unspecified atom stereocenters. The lowest BCUT2D eigenvalue weighted by Crippen LogP contribution is -2.38.